The van der Waals surface area contributed by atoms with Crippen molar-refractivity contribution in [2.75, 3.05) is 6.54 Å². The number of carbonyl (C=O) groups is 1. The van der Waals surface area contributed by atoms with Crippen molar-refractivity contribution in [3.05, 3.63) is 35.0 Å². The zero-order valence-electron chi connectivity index (χ0n) is 11.7. The van der Waals surface area contributed by atoms with Crippen LogP contribution in [0, 0.1) is 0 Å². The van der Waals surface area contributed by atoms with Gasteiger partial charge in [-0.1, -0.05) is 18.5 Å². The summed E-state index contributed by atoms with van der Waals surface area (Å²) < 4.78 is 0. The normalized spacial score (nSPS) is 19.5. The number of rotatable bonds is 2. The van der Waals surface area contributed by atoms with E-state index >= 15 is 0 Å². The predicted molar refractivity (Wildman–Crippen MR) is 82.3 cm³/mol. The van der Waals surface area contributed by atoms with E-state index in [1.165, 1.54) is 6.42 Å². The number of amides is 1. The maximum atomic E-state index is 12.7. The van der Waals surface area contributed by atoms with E-state index in [4.69, 9.17) is 11.6 Å². The smallest absolute Gasteiger partial charge is 0.270 e. The van der Waals surface area contributed by atoms with Crippen molar-refractivity contribution in [3.63, 3.8) is 0 Å². The molecule has 4 heteroatoms. The third-order valence-corrected chi connectivity index (χ3v) is 4.41. The van der Waals surface area contributed by atoms with Crippen LogP contribution in [0.5, 0.6) is 0 Å². The molecule has 1 atom stereocenters. The van der Waals surface area contributed by atoms with Gasteiger partial charge in [-0.3, -0.25) is 4.79 Å². The SMILES string of the molecule is CCC1CCCCN1C(=O)c1cc2cc(Cl)ccc2[nH]1. The molecule has 0 bridgehead atoms. The summed E-state index contributed by atoms with van der Waals surface area (Å²) in [7, 11) is 0. The van der Waals surface area contributed by atoms with Crippen molar-refractivity contribution >= 4 is 28.4 Å². The van der Waals surface area contributed by atoms with Gasteiger partial charge in [0.1, 0.15) is 5.69 Å². The Labute approximate surface area is 123 Å². The first-order valence-corrected chi connectivity index (χ1v) is 7.66. The average molecular weight is 291 g/mol. The fourth-order valence-corrected chi connectivity index (χ4v) is 3.25. The third-order valence-electron chi connectivity index (χ3n) is 4.17. The molecule has 1 N–H and O–H groups in total. The number of nitrogens with one attached hydrogen (secondary N) is 1. The number of H-pyrrole nitrogens is 1. The predicted octanol–water partition coefficient (Wildman–Crippen LogP) is 4.23. The molecule has 20 heavy (non-hydrogen) atoms. The maximum Gasteiger partial charge on any atom is 0.270 e. The maximum absolute atomic E-state index is 12.7. The van der Waals surface area contributed by atoms with Crippen molar-refractivity contribution in [2.24, 2.45) is 0 Å². The van der Waals surface area contributed by atoms with E-state index < -0.39 is 0 Å². The molecule has 1 amide bonds. The summed E-state index contributed by atoms with van der Waals surface area (Å²) in [5.41, 5.74) is 1.63. The Hall–Kier alpha value is -1.48. The monoisotopic (exact) mass is 290 g/mol. The van der Waals surface area contributed by atoms with Crippen LogP contribution in [0.15, 0.2) is 24.3 Å². The Kier molecular flexibility index (Phi) is 3.70. The molecular weight excluding hydrogens is 272 g/mol. The Bertz CT molecular complexity index is 634. The van der Waals surface area contributed by atoms with Gasteiger partial charge in [-0.2, -0.15) is 0 Å². The van der Waals surface area contributed by atoms with E-state index in [9.17, 15) is 4.79 Å². The Balaban J connectivity index is 1.91. The van der Waals surface area contributed by atoms with Crippen molar-refractivity contribution in [3.8, 4) is 0 Å². The molecule has 1 fully saturated rings. The highest BCUT2D eigenvalue weighted by Crippen LogP contribution is 2.24. The molecule has 2 aromatic rings. The molecule has 0 spiro atoms. The van der Waals surface area contributed by atoms with Crippen LogP contribution in [0.4, 0.5) is 0 Å². The fourth-order valence-electron chi connectivity index (χ4n) is 3.07. The van der Waals surface area contributed by atoms with Crippen LogP contribution in [-0.2, 0) is 0 Å². The fraction of sp³-hybridized carbons (Fsp3) is 0.438. The number of hydrogen-bond donors (Lipinski definition) is 1. The Morgan fingerprint density at radius 2 is 2.25 bits per heavy atom. The lowest BCUT2D eigenvalue weighted by atomic mass is 9.99. The summed E-state index contributed by atoms with van der Waals surface area (Å²) in [6.07, 6.45) is 4.48. The molecule has 2 heterocycles. The molecule has 3 rings (SSSR count). The number of hydrogen-bond acceptors (Lipinski definition) is 1. The van der Waals surface area contributed by atoms with Gasteiger partial charge in [-0.25, -0.2) is 0 Å². The molecular formula is C16H19ClN2O. The van der Waals surface area contributed by atoms with E-state index in [-0.39, 0.29) is 5.91 Å². The lowest BCUT2D eigenvalue weighted by Crippen LogP contribution is -2.43. The minimum atomic E-state index is 0.115. The molecule has 1 aromatic heterocycles. The third kappa shape index (κ3) is 2.42. The minimum Gasteiger partial charge on any atom is -0.351 e. The number of aromatic nitrogens is 1. The van der Waals surface area contributed by atoms with Gasteiger partial charge in [-0.05, 0) is 49.9 Å². The summed E-state index contributed by atoms with van der Waals surface area (Å²) in [6.45, 7) is 3.02. The number of benzene rings is 1. The van der Waals surface area contributed by atoms with Gasteiger partial charge in [0.15, 0.2) is 0 Å². The molecule has 1 aliphatic rings. The highest BCUT2D eigenvalue weighted by molar-refractivity contribution is 6.31. The second-order valence-electron chi connectivity index (χ2n) is 5.47. The van der Waals surface area contributed by atoms with Gasteiger partial charge in [0.25, 0.3) is 5.91 Å². The van der Waals surface area contributed by atoms with E-state index in [2.05, 4.69) is 11.9 Å². The molecule has 0 saturated carbocycles. The summed E-state index contributed by atoms with van der Waals surface area (Å²) in [5, 5.41) is 1.69. The minimum absolute atomic E-state index is 0.115. The first-order valence-electron chi connectivity index (χ1n) is 7.28. The topological polar surface area (TPSA) is 36.1 Å². The van der Waals surface area contributed by atoms with Crippen LogP contribution in [-0.4, -0.2) is 28.4 Å². The number of carbonyl (C=O) groups excluding carboxylic acids is 1. The summed E-state index contributed by atoms with van der Waals surface area (Å²) >= 11 is 5.99. The first kappa shape index (κ1) is 13.5. The van der Waals surface area contributed by atoms with Crippen LogP contribution in [0.3, 0.4) is 0 Å². The van der Waals surface area contributed by atoms with Gasteiger partial charge < -0.3 is 9.88 Å². The van der Waals surface area contributed by atoms with Gasteiger partial charge in [0, 0.05) is 28.5 Å². The highest BCUT2D eigenvalue weighted by atomic mass is 35.5. The van der Waals surface area contributed by atoms with Gasteiger partial charge in [0.2, 0.25) is 0 Å². The average Bonchev–Trinajstić information content (AvgIpc) is 2.89. The molecule has 1 aromatic carbocycles. The van der Waals surface area contributed by atoms with Crippen molar-refractivity contribution in [1.29, 1.82) is 0 Å². The van der Waals surface area contributed by atoms with Crippen molar-refractivity contribution in [2.45, 2.75) is 38.6 Å². The zero-order valence-corrected chi connectivity index (χ0v) is 12.4. The van der Waals surface area contributed by atoms with Crippen LogP contribution in [0.2, 0.25) is 5.02 Å². The van der Waals surface area contributed by atoms with Crippen LogP contribution >= 0.6 is 11.6 Å². The molecule has 1 saturated heterocycles. The Morgan fingerprint density at radius 1 is 1.40 bits per heavy atom. The quantitative estimate of drug-likeness (QED) is 0.883. The van der Waals surface area contributed by atoms with Crippen LogP contribution in [0.25, 0.3) is 10.9 Å². The lowest BCUT2D eigenvalue weighted by molar-refractivity contribution is 0.0603. The molecule has 1 aliphatic heterocycles. The number of halogens is 1. The number of nitrogens with zero attached hydrogens (tertiary/aromatic N) is 1. The largest absolute Gasteiger partial charge is 0.351 e. The van der Waals surface area contributed by atoms with E-state index in [1.807, 2.05) is 29.2 Å². The van der Waals surface area contributed by atoms with E-state index in [0.29, 0.717) is 16.8 Å². The van der Waals surface area contributed by atoms with E-state index in [0.717, 1.165) is 36.7 Å². The van der Waals surface area contributed by atoms with Crippen LogP contribution in [0.1, 0.15) is 43.1 Å². The number of piperidine rings is 1. The molecule has 3 nitrogen and oxygen atoms in total. The van der Waals surface area contributed by atoms with Gasteiger partial charge in [-0.15, -0.1) is 0 Å². The van der Waals surface area contributed by atoms with Crippen molar-refractivity contribution < 1.29 is 4.79 Å². The first-order chi connectivity index (χ1) is 9.69. The number of likely N-dealkylation sites (tertiary alicyclic amines) is 1. The molecule has 0 aliphatic carbocycles. The summed E-state index contributed by atoms with van der Waals surface area (Å²) in [4.78, 5) is 17.9. The number of fused-ring (bicyclic) bond motifs is 1. The summed E-state index contributed by atoms with van der Waals surface area (Å²) in [5.74, 6) is 0.115. The molecule has 0 radical (unpaired) electrons. The lowest BCUT2D eigenvalue weighted by Gasteiger charge is -2.35. The Morgan fingerprint density at radius 3 is 3.05 bits per heavy atom. The van der Waals surface area contributed by atoms with Gasteiger partial charge in [0.05, 0.1) is 0 Å². The van der Waals surface area contributed by atoms with Crippen LogP contribution < -0.4 is 0 Å². The van der Waals surface area contributed by atoms with Crippen molar-refractivity contribution in [1.82, 2.24) is 9.88 Å². The number of aromatic amines is 1. The second kappa shape index (κ2) is 5.49. The summed E-state index contributed by atoms with van der Waals surface area (Å²) in [6, 6.07) is 7.93. The van der Waals surface area contributed by atoms with Gasteiger partial charge >= 0.3 is 0 Å². The second-order valence-corrected chi connectivity index (χ2v) is 5.91. The standard InChI is InChI=1S/C16H19ClN2O/c1-2-13-5-3-4-8-19(13)16(20)15-10-11-9-12(17)6-7-14(11)18-15/h6-7,9-10,13,18H,2-5,8H2,1H3. The van der Waals surface area contributed by atoms with E-state index in [1.54, 1.807) is 0 Å². The molecule has 106 valence electrons. The highest BCUT2D eigenvalue weighted by Gasteiger charge is 2.27. The molecule has 1 unspecified atom stereocenters. The zero-order chi connectivity index (χ0) is 14.1.